The van der Waals surface area contributed by atoms with E-state index in [0.29, 0.717) is 25.9 Å². The lowest BCUT2D eigenvalue weighted by Gasteiger charge is -2.21. The molecule has 0 atom stereocenters. The second-order valence-electron chi connectivity index (χ2n) is 11.0. The summed E-state index contributed by atoms with van der Waals surface area (Å²) < 4.78 is 29.5. The Bertz CT molecular complexity index is 1910. The Balaban J connectivity index is 1.42. The molecule has 0 saturated carbocycles. The van der Waals surface area contributed by atoms with Crippen LogP contribution in [0.5, 0.6) is 0 Å². The van der Waals surface area contributed by atoms with Crippen LogP contribution >= 0.6 is 0 Å². The van der Waals surface area contributed by atoms with Crippen molar-refractivity contribution in [3.05, 3.63) is 186 Å². The van der Waals surface area contributed by atoms with E-state index in [0.717, 1.165) is 39.0 Å². The van der Waals surface area contributed by atoms with Crippen molar-refractivity contribution in [2.45, 2.75) is 24.7 Å². The van der Waals surface area contributed by atoms with Gasteiger partial charge in [0.25, 0.3) is 0 Å². The summed E-state index contributed by atoms with van der Waals surface area (Å²) in [6.45, 7) is 2.57. The number of rotatable bonds is 10. The van der Waals surface area contributed by atoms with Gasteiger partial charge in [0.05, 0.1) is 4.90 Å². The maximum Gasteiger partial charge on any atom is 0.243 e. The quantitative estimate of drug-likeness (QED) is 0.144. The van der Waals surface area contributed by atoms with E-state index in [9.17, 15) is 8.42 Å². The predicted molar refractivity (Wildman–Crippen MR) is 195 cm³/mol. The minimum Gasteiger partial charge on any atom is -0.207 e. The lowest BCUT2D eigenvalue weighted by molar-refractivity contribution is 0.422. The molecule has 0 spiro atoms. The van der Waals surface area contributed by atoms with Crippen LogP contribution in [0.15, 0.2) is 163 Å². The molecule has 5 rings (SSSR count). The van der Waals surface area contributed by atoms with Crippen molar-refractivity contribution in [1.82, 2.24) is 4.31 Å². The van der Waals surface area contributed by atoms with E-state index in [4.69, 9.17) is 0 Å². The molecule has 232 valence electrons. The minimum absolute atomic E-state index is 0.287. The number of sulfonamides is 1. The zero-order chi connectivity index (χ0) is 32.7. The smallest absolute Gasteiger partial charge is 0.207 e. The zero-order valence-corrected chi connectivity index (χ0v) is 27.3. The van der Waals surface area contributed by atoms with Crippen LogP contribution in [0.2, 0.25) is 0 Å². The first-order valence-electron chi connectivity index (χ1n) is 15.7. The highest BCUT2D eigenvalue weighted by molar-refractivity contribution is 7.89. The lowest BCUT2D eigenvalue weighted by Crippen LogP contribution is -2.32. The van der Waals surface area contributed by atoms with Gasteiger partial charge in [-0.25, -0.2) is 8.42 Å². The van der Waals surface area contributed by atoms with Crippen molar-refractivity contribution >= 4 is 21.2 Å². The number of allylic oxidation sites excluding steroid dienone is 2. The second-order valence-corrected chi connectivity index (χ2v) is 12.9. The van der Waals surface area contributed by atoms with Gasteiger partial charge in [0.15, 0.2) is 0 Å². The van der Waals surface area contributed by atoms with Gasteiger partial charge in [-0.1, -0.05) is 151 Å². The van der Waals surface area contributed by atoms with E-state index in [2.05, 4.69) is 23.7 Å². The molecule has 0 unspecified atom stereocenters. The average molecular weight is 632 g/mol. The molecule has 0 fully saturated rings. The van der Waals surface area contributed by atoms with Crippen molar-refractivity contribution in [2.24, 2.45) is 0 Å². The summed E-state index contributed by atoms with van der Waals surface area (Å²) in [4.78, 5) is 0.287. The molecular formula is C43H37NO2S. The molecule has 0 saturated heterocycles. The normalized spacial score (nSPS) is 11.7. The van der Waals surface area contributed by atoms with E-state index in [1.165, 1.54) is 0 Å². The van der Waals surface area contributed by atoms with Gasteiger partial charge in [0.1, 0.15) is 0 Å². The fourth-order valence-corrected chi connectivity index (χ4v) is 6.43. The van der Waals surface area contributed by atoms with Crippen LogP contribution in [-0.4, -0.2) is 25.8 Å². The van der Waals surface area contributed by atoms with E-state index in [1.807, 2.05) is 153 Å². The molecular weight excluding hydrogens is 595 g/mol. The summed E-state index contributed by atoms with van der Waals surface area (Å²) in [6.07, 6.45) is 5.09. The van der Waals surface area contributed by atoms with Crippen molar-refractivity contribution < 1.29 is 8.42 Å². The molecule has 0 radical (unpaired) electrons. The number of aryl methyl sites for hydroxylation is 1. The van der Waals surface area contributed by atoms with E-state index in [1.54, 1.807) is 16.4 Å². The summed E-state index contributed by atoms with van der Waals surface area (Å²) in [5.74, 6) is 13.2. The van der Waals surface area contributed by atoms with Gasteiger partial charge < -0.3 is 0 Å². The van der Waals surface area contributed by atoms with Crippen molar-refractivity contribution in [3.63, 3.8) is 0 Å². The van der Waals surface area contributed by atoms with E-state index < -0.39 is 10.0 Å². The lowest BCUT2D eigenvalue weighted by atomic mass is 10.0. The number of hydrogen-bond donors (Lipinski definition) is 0. The van der Waals surface area contributed by atoms with E-state index in [-0.39, 0.29) is 4.90 Å². The summed E-state index contributed by atoms with van der Waals surface area (Å²) in [5.41, 5.74) is 6.58. The van der Waals surface area contributed by atoms with Crippen LogP contribution in [0.25, 0.3) is 11.1 Å². The SMILES string of the molecule is Cc1ccc(S(=O)(=O)N(CC/C=C(\C#Cc2ccccc2)c2ccccc2)CC/C=C(\C#Cc2ccccc2)c2ccccc2)cc1. The van der Waals surface area contributed by atoms with Gasteiger partial charge in [-0.05, 0) is 67.3 Å². The Morgan fingerprint density at radius 1 is 0.553 bits per heavy atom. The number of hydrogen-bond acceptors (Lipinski definition) is 2. The summed E-state index contributed by atoms with van der Waals surface area (Å²) >= 11 is 0. The first-order valence-corrected chi connectivity index (χ1v) is 17.2. The molecule has 0 aliphatic rings. The van der Waals surface area contributed by atoms with Crippen LogP contribution in [0.1, 0.15) is 40.7 Å². The Labute approximate surface area is 280 Å². The van der Waals surface area contributed by atoms with Crippen LogP contribution in [0.4, 0.5) is 0 Å². The monoisotopic (exact) mass is 631 g/mol. The maximum atomic E-state index is 14.0. The number of nitrogens with zero attached hydrogens (tertiary/aromatic N) is 1. The zero-order valence-electron chi connectivity index (χ0n) is 26.5. The third kappa shape index (κ3) is 9.80. The first kappa shape index (κ1) is 33.0. The van der Waals surface area contributed by atoms with Crippen LogP contribution in [-0.2, 0) is 10.0 Å². The Hall–Kier alpha value is -5.39. The predicted octanol–water partition coefficient (Wildman–Crippen LogP) is 9.04. The Morgan fingerprint density at radius 2 is 0.936 bits per heavy atom. The summed E-state index contributed by atoms with van der Waals surface area (Å²) in [6, 6.07) is 46.8. The molecule has 0 amide bonds. The average Bonchev–Trinajstić information content (AvgIpc) is 3.12. The van der Waals surface area contributed by atoms with Gasteiger partial charge in [0, 0.05) is 35.4 Å². The molecule has 3 nitrogen and oxygen atoms in total. The van der Waals surface area contributed by atoms with Crippen LogP contribution in [0, 0.1) is 30.6 Å². The van der Waals surface area contributed by atoms with Gasteiger partial charge in [-0.15, -0.1) is 0 Å². The van der Waals surface area contributed by atoms with Gasteiger partial charge >= 0.3 is 0 Å². The van der Waals surface area contributed by atoms with E-state index >= 15 is 0 Å². The molecule has 0 N–H and O–H groups in total. The Kier molecular flexibility index (Phi) is 11.8. The minimum atomic E-state index is -3.75. The molecule has 0 aliphatic heterocycles. The van der Waals surface area contributed by atoms with Gasteiger partial charge in [-0.3, -0.25) is 0 Å². The molecule has 0 aliphatic carbocycles. The number of benzene rings is 5. The van der Waals surface area contributed by atoms with Gasteiger partial charge in [-0.2, -0.15) is 4.31 Å². The third-order valence-corrected chi connectivity index (χ3v) is 9.43. The molecule has 0 bridgehead atoms. The molecule has 47 heavy (non-hydrogen) atoms. The molecule has 4 heteroatoms. The van der Waals surface area contributed by atoms with Crippen molar-refractivity contribution in [1.29, 1.82) is 0 Å². The topological polar surface area (TPSA) is 37.4 Å². The molecule has 5 aromatic rings. The van der Waals surface area contributed by atoms with Gasteiger partial charge in [0.2, 0.25) is 10.0 Å². The fourth-order valence-electron chi connectivity index (χ4n) is 4.96. The fraction of sp³-hybridized carbons (Fsp3) is 0.116. The standard InChI is InChI=1S/C43H37NO2S/c1-36-26-32-43(33-27-36)47(45,46)44(34-14-24-41(39-20-10-4-11-21-39)30-28-37-16-6-2-7-17-37)35-15-25-42(40-22-12-5-13-23-40)31-29-38-18-8-3-9-19-38/h2-13,16-27,32-33H,14-15,34-35H2,1H3/b41-24+,42-25+. The maximum absolute atomic E-state index is 14.0. The highest BCUT2D eigenvalue weighted by Crippen LogP contribution is 2.21. The third-order valence-electron chi connectivity index (χ3n) is 7.51. The van der Waals surface area contributed by atoms with Crippen LogP contribution in [0.3, 0.4) is 0 Å². The van der Waals surface area contributed by atoms with Crippen LogP contribution < -0.4 is 0 Å². The second kappa shape index (κ2) is 16.8. The highest BCUT2D eigenvalue weighted by atomic mass is 32.2. The highest BCUT2D eigenvalue weighted by Gasteiger charge is 2.23. The van der Waals surface area contributed by atoms with Crippen molar-refractivity contribution in [2.75, 3.05) is 13.1 Å². The largest absolute Gasteiger partial charge is 0.243 e. The first-order chi connectivity index (χ1) is 23.0. The molecule has 5 aromatic carbocycles. The molecule has 0 heterocycles. The van der Waals surface area contributed by atoms with Crippen molar-refractivity contribution in [3.8, 4) is 23.7 Å². The summed E-state index contributed by atoms with van der Waals surface area (Å²) in [5, 5.41) is 0. The molecule has 0 aromatic heterocycles. The summed E-state index contributed by atoms with van der Waals surface area (Å²) in [7, 11) is -3.75. The Morgan fingerprint density at radius 3 is 1.34 bits per heavy atom.